The molecule has 0 bridgehead atoms. The second-order valence-corrected chi connectivity index (χ2v) is 4.65. The molecule has 3 aromatic rings. The van der Waals surface area contributed by atoms with E-state index in [0.29, 0.717) is 5.69 Å². The van der Waals surface area contributed by atoms with Crippen molar-refractivity contribution in [1.29, 1.82) is 0 Å². The maximum Gasteiger partial charge on any atom is 0.166 e. The number of hydrogen-bond acceptors (Lipinski definition) is 1. The normalized spacial score (nSPS) is 11.4. The maximum atomic E-state index is 10.7. The van der Waals surface area contributed by atoms with Crippen molar-refractivity contribution in [2.24, 2.45) is 7.05 Å². The van der Waals surface area contributed by atoms with Gasteiger partial charge in [0.1, 0.15) is 0 Å². The molecule has 2 aromatic heterocycles. The first kappa shape index (κ1) is 9.66. The van der Waals surface area contributed by atoms with Crippen LogP contribution in [0.4, 0.5) is 0 Å². The highest BCUT2D eigenvalue weighted by Crippen LogP contribution is 2.32. The van der Waals surface area contributed by atoms with E-state index >= 15 is 0 Å². The minimum atomic E-state index is 0.613. The van der Waals surface area contributed by atoms with Crippen LogP contribution in [0.3, 0.4) is 0 Å². The van der Waals surface area contributed by atoms with Crippen molar-refractivity contribution < 1.29 is 4.79 Å². The summed E-state index contributed by atoms with van der Waals surface area (Å²) in [6.45, 7) is 0. The van der Waals surface area contributed by atoms with Gasteiger partial charge in [0.15, 0.2) is 6.29 Å². The van der Waals surface area contributed by atoms with Crippen LogP contribution in [0.25, 0.3) is 21.9 Å². The van der Waals surface area contributed by atoms with Gasteiger partial charge in [0.05, 0.1) is 22.2 Å². The fourth-order valence-electron chi connectivity index (χ4n) is 2.18. The quantitative estimate of drug-likeness (QED) is 0.681. The third-order valence-corrected chi connectivity index (χ3v) is 3.54. The van der Waals surface area contributed by atoms with Gasteiger partial charge in [-0.05, 0) is 28.1 Å². The van der Waals surface area contributed by atoms with Crippen molar-refractivity contribution in [3.05, 3.63) is 34.4 Å². The first-order valence-electron chi connectivity index (χ1n) is 4.93. The van der Waals surface area contributed by atoms with Crippen LogP contribution in [0.1, 0.15) is 10.5 Å². The lowest BCUT2D eigenvalue weighted by Crippen LogP contribution is -1.87. The second kappa shape index (κ2) is 3.22. The minimum Gasteiger partial charge on any atom is -0.351 e. The number of aryl methyl sites for hydroxylation is 1. The van der Waals surface area contributed by atoms with Crippen molar-refractivity contribution in [3.8, 4) is 0 Å². The molecule has 80 valence electrons. The number of hydrogen-bond donors (Lipinski definition) is 1. The SMILES string of the molecule is Cn1c2cc(C=O)[nH]c2c2cccc(Br)c21. The van der Waals surface area contributed by atoms with Gasteiger partial charge >= 0.3 is 0 Å². The second-order valence-electron chi connectivity index (χ2n) is 3.80. The number of aromatic amines is 1. The molecular formula is C12H9BrN2O. The average molecular weight is 277 g/mol. The first-order valence-corrected chi connectivity index (χ1v) is 5.72. The van der Waals surface area contributed by atoms with Crippen LogP contribution in [-0.2, 0) is 7.05 Å². The number of carbonyl (C=O) groups excluding carboxylic acids is 1. The zero-order valence-electron chi connectivity index (χ0n) is 8.62. The summed E-state index contributed by atoms with van der Waals surface area (Å²) in [6, 6.07) is 7.93. The van der Waals surface area contributed by atoms with Crippen LogP contribution < -0.4 is 0 Å². The Morgan fingerprint density at radius 3 is 3.00 bits per heavy atom. The van der Waals surface area contributed by atoms with Crippen molar-refractivity contribution >= 4 is 44.2 Å². The number of carbonyl (C=O) groups is 1. The number of fused-ring (bicyclic) bond motifs is 3. The van der Waals surface area contributed by atoms with E-state index in [1.807, 2.05) is 31.3 Å². The molecule has 0 amide bonds. The lowest BCUT2D eigenvalue weighted by molar-refractivity contribution is 0.112. The Labute approximate surface area is 100 Å². The fourth-order valence-corrected chi connectivity index (χ4v) is 2.81. The number of H-pyrrole nitrogens is 1. The summed E-state index contributed by atoms with van der Waals surface area (Å²) in [5.41, 5.74) is 3.81. The zero-order valence-corrected chi connectivity index (χ0v) is 10.2. The summed E-state index contributed by atoms with van der Waals surface area (Å²) in [7, 11) is 2.00. The van der Waals surface area contributed by atoms with Gasteiger partial charge in [0, 0.05) is 16.9 Å². The molecule has 0 aliphatic carbocycles. The summed E-state index contributed by atoms with van der Waals surface area (Å²) in [4.78, 5) is 13.9. The van der Waals surface area contributed by atoms with E-state index in [2.05, 4.69) is 25.5 Å². The molecule has 16 heavy (non-hydrogen) atoms. The smallest absolute Gasteiger partial charge is 0.166 e. The predicted molar refractivity (Wildman–Crippen MR) is 67.9 cm³/mol. The summed E-state index contributed by atoms with van der Waals surface area (Å²) in [6.07, 6.45) is 0.837. The minimum absolute atomic E-state index is 0.613. The highest BCUT2D eigenvalue weighted by molar-refractivity contribution is 9.10. The molecule has 4 heteroatoms. The van der Waals surface area contributed by atoms with Gasteiger partial charge in [-0.25, -0.2) is 0 Å². The Morgan fingerprint density at radius 1 is 1.44 bits per heavy atom. The van der Waals surface area contributed by atoms with Crippen molar-refractivity contribution in [3.63, 3.8) is 0 Å². The van der Waals surface area contributed by atoms with E-state index in [-0.39, 0.29) is 0 Å². The highest BCUT2D eigenvalue weighted by Gasteiger charge is 2.12. The number of aldehydes is 1. The number of nitrogens with one attached hydrogen (secondary N) is 1. The van der Waals surface area contributed by atoms with Crippen LogP contribution in [0.15, 0.2) is 28.7 Å². The molecule has 0 atom stereocenters. The van der Waals surface area contributed by atoms with E-state index < -0.39 is 0 Å². The molecule has 1 aromatic carbocycles. The lowest BCUT2D eigenvalue weighted by atomic mass is 10.2. The number of para-hydroxylation sites is 1. The molecule has 0 saturated heterocycles. The Balaban J connectivity index is 2.58. The fraction of sp³-hybridized carbons (Fsp3) is 0.0833. The third kappa shape index (κ3) is 1.10. The predicted octanol–water partition coefficient (Wildman–Crippen LogP) is 3.23. The molecule has 0 aliphatic rings. The molecule has 0 fully saturated rings. The molecule has 0 spiro atoms. The van der Waals surface area contributed by atoms with Gasteiger partial charge in [-0.2, -0.15) is 0 Å². The Morgan fingerprint density at radius 2 is 2.25 bits per heavy atom. The first-order chi connectivity index (χ1) is 7.72. The molecular weight excluding hydrogens is 268 g/mol. The van der Waals surface area contributed by atoms with E-state index in [1.165, 1.54) is 0 Å². The number of nitrogens with zero attached hydrogens (tertiary/aromatic N) is 1. The standard InChI is InChI=1S/C12H9BrN2O/c1-15-10-5-7(6-16)14-11(10)8-3-2-4-9(13)12(8)15/h2-6,14H,1H3. The molecule has 0 radical (unpaired) electrons. The summed E-state index contributed by atoms with van der Waals surface area (Å²) < 4.78 is 3.14. The third-order valence-electron chi connectivity index (χ3n) is 2.90. The molecule has 0 saturated carbocycles. The van der Waals surface area contributed by atoms with Crippen LogP contribution in [0.5, 0.6) is 0 Å². The molecule has 1 N–H and O–H groups in total. The Kier molecular flexibility index (Phi) is 1.94. The summed E-state index contributed by atoms with van der Waals surface area (Å²) in [5.74, 6) is 0. The van der Waals surface area contributed by atoms with E-state index in [0.717, 1.165) is 32.7 Å². The molecule has 0 aliphatic heterocycles. The van der Waals surface area contributed by atoms with Crippen LogP contribution in [0, 0.1) is 0 Å². The van der Waals surface area contributed by atoms with Gasteiger partial charge in [-0.15, -0.1) is 0 Å². The van der Waals surface area contributed by atoms with Crippen LogP contribution in [0.2, 0.25) is 0 Å². The Hall–Kier alpha value is -1.55. The number of rotatable bonds is 1. The van der Waals surface area contributed by atoms with E-state index in [9.17, 15) is 4.79 Å². The van der Waals surface area contributed by atoms with Crippen LogP contribution >= 0.6 is 15.9 Å². The van der Waals surface area contributed by atoms with Crippen LogP contribution in [-0.4, -0.2) is 15.8 Å². The van der Waals surface area contributed by atoms with Gasteiger partial charge in [0.2, 0.25) is 0 Å². The van der Waals surface area contributed by atoms with E-state index in [1.54, 1.807) is 0 Å². The van der Waals surface area contributed by atoms with Gasteiger partial charge in [-0.3, -0.25) is 4.79 Å². The number of halogens is 1. The monoisotopic (exact) mass is 276 g/mol. The zero-order chi connectivity index (χ0) is 11.3. The molecule has 0 unspecified atom stereocenters. The molecule has 3 nitrogen and oxygen atoms in total. The number of benzene rings is 1. The van der Waals surface area contributed by atoms with Crippen molar-refractivity contribution in [2.75, 3.05) is 0 Å². The topological polar surface area (TPSA) is 37.8 Å². The number of aromatic nitrogens is 2. The largest absolute Gasteiger partial charge is 0.351 e. The lowest BCUT2D eigenvalue weighted by Gasteiger charge is -1.99. The van der Waals surface area contributed by atoms with Crippen molar-refractivity contribution in [1.82, 2.24) is 9.55 Å². The maximum absolute atomic E-state index is 10.7. The molecule has 2 heterocycles. The highest BCUT2D eigenvalue weighted by atomic mass is 79.9. The average Bonchev–Trinajstić information content (AvgIpc) is 2.80. The van der Waals surface area contributed by atoms with E-state index in [4.69, 9.17) is 0 Å². The summed E-state index contributed by atoms with van der Waals surface area (Å²) in [5, 5.41) is 1.12. The summed E-state index contributed by atoms with van der Waals surface area (Å²) >= 11 is 3.54. The van der Waals surface area contributed by atoms with Gasteiger partial charge in [-0.1, -0.05) is 12.1 Å². The van der Waals surface area contributed by atoms with Crippen molar-refractivity contribution in [2.45, 2.75) is 0 Å². The van der Waals surface area contributed by atoms with Gasteiger partial charge < -0.3 is 9.55 Å². The Bertz CT molecular complexity index is 709. The van der Waals surface area contributed by atoms with Gasteiger partial charge in [0.25, 0.3) is 0 Å². The molecule has 3 rings (SSSR count).